The lowest BCUT2D eigenvalue weighted by Crippen LogP contribution is -2.59. The molecule has 1 spiro atoms. The normalized spacial score (nSPS) is 66.0. The van der Waals surface area contributed by atoms with E-state index in [2.05, 4.69) is 13.8 Å². The molecular formula is C11H18. The van der Waals surface area contributed by atoms with Gasteiger partial charge in [0.1, 0.15) is 0 Å². The molecule has 0 bridgehead atoms. The van der Waals surface area contributed by atoms with Crippen molar-refractivity contribution in [2.75, 3.05) is 0 Å². The lowest BCUT2D eigenvalue weighted by molar-refractivity contribution is -0.172. The summed E-state index contributed by atoms with van der Waals surface area (Å²) in [7, 11) is 0. The highest BCUT2D eigenvalue weighted by Gasteiger charge is 2.67. The molecule has 3 aliphatic rings. The van der Waals surface area contributed by atoms with Gasteiger partial charge in [0.15, 0.2) is 0 Å². The van der Waals surface area contributed by atoms with Crippen LogP contribution in [-0.2, 0) is 0 Å². The lowest BCUT2D eigenvalue weighted by Gasteiger charge is -2.65. The molecule has 0 aromatic heterocycles. The first-order valence-corrected chi connectivity index (χ1v) is 5.26. The van der Waals surface area contributed by atoms with Crippen molar-refractivity contribution in [2.45, 2.75) is 39.5 Å². The number of hydrogen-bond acceptors (Lipinski definition) is 0. The largest absolute Gasteiger partial charge is 0.0619 e. The van der Waals surface area contributed by atoms with Crippen LogP contribution in [0.4, 0.5) is 0 Å². The fourth-order valence-electron chi connectivity index (χ4n) is 4.92. The summed E-state index contributed by atoms with van der Waals surface area (Å²) in [4.78, 5) is 0. The van der Waals surface area contributed by atoms with Gasteiger partial charge >= 0.3 is 0 Å². The lowest BCUT2D eigenvalue weighted by atomic mass is 9.39. The van der Waals surface area contributed by atoms with Gasteiger partial charge in [-0.05, 0) is 54.8 Å². The molecule has 0 saturated heterocycles. The fourth-order valence-corrected chi connectivity index (χ4v) is 4.92. The van der Waals surface area contributed by atoms with Crippen LogP contribution in [0.25, 0.3) is 0 Å². The van der Waals surface area contributed by atoms with E-state index in [0.29, 0.717) is 0 Å². The summed E-state index contributed by atoms with van der Waals surface area (Å²) in [5.41, 5.74) is 0.889. The summed E-state index contributed by atoms with van der Waals surface area (Å²) in [6.07, 6.45) is 6.25. The minimum Gasteiger partial charge on any atom is -0.0619 e. The second-order valence-corrected chi connectivity index (χ2v) is 5.24. The average molecular weight is 150 g/mol. The first kappa shape index (κ1) is 6.51. The van der Waals surface area contributed by atoms with Gasteiger partial charge in [-0.3, -0.25) is 0 Å². The third-order valence-electron chi connectivity index (χ3n) is 5.26. The molecule has 62 valence electrons. The molecule has 0 aromatic carbocycles. The predicted molar refractivity (Wildman–Crippen MR) is 46.2 cm³/mol. The average Bonchev–Trinajstić information content (AvgIpc) is 2.15. The molecule has 11 heavy (non-hydrogen) atoms. The van der Waals surface area contributed by atoms with Crippen molar-refractivity contribution in [1.29, 1.82) is 0 Å². The number of rotatable bonds is 0. The zero-order chi connectivity index (χ0) is 7.64. The predicted octanol–water partition coefficient (Wildman–Crippen LogP) is 3.08. The van der Waals surface area contributed by atoms with Gasteiger partial charge in [0.25, 0.3) is 0 Å². The molecule has 0 heterocycles. The van der Waals surface area contributed by atoms with Crippen molar-refractivity contribution in [3.05, 3.63) is 0 Å². The van der Waals surface area contributed by atoms with Gasteiger partial charge in [0.05, 0.1) is 0 Å². The van der Waals surface area contributed by atoms with Crippen LogP contribution in [0.15, 0.2) is 0 Å². The van der Waals surface area contributed by atoms with E-state index in [9.17, 15) is 0 Å². The summed E-state index contributed by atoms with van der Waals surface area (Å²) in [6.45, 7) is 4.98. The molecule has 0 heteroatoms. The first-order valence-electron chi connectivity index (χ1n) is 5.26. The fraction of sp³-hybridized carbons (Fsp3) is 1.00. The van der Waals surface area contributed by atoms with Crippen LogP contribution in [-0.4, -0.2) is 0 Å². The van der Waals surface area contributed by atoms with Crippen LogP contribution in [0.2, 0.25) is 0 Å². The van der Waals surface area contributed by atoms with Crippen LogP contribution < -0.4 is 0 Å². The molecule has 3 saturated carbocycles. The van der Waals surface area contributed by atoms with Gasteiger partial charge in [-0.2, -0.15) is 0 Å². The summed E-state index contributed by atoms with van der Waals surface area (Å²) >= 11 is 0. The van der Waals surface area contributed by atoms with Gasteiger partial charge in [-0.15, -0.1) is 0 Å². The molecule has 0 N–H and O–H groups in total. The maximum atomic E-state index is 2.49. The van der Waals surface area contributed by atoms with Crippen molar-refractivity contribution in [2.24, 2.45) is 29.1 Å². The highest BCUT2D eigenvalue weighted by molar-refractivity contribution is 5.16. The standard InChI is InChI=1S/C11H18/c1-7-5-9-3-4-10-6-8(2)11(7,9)10/h7-10H,3-6H2,1-2H3. The maximum Gasteiger partial charge on any atom is -0.0189 e. The van der Waals surface area contributed by atoms with Crippen molar-refractivity contribution >= 4 is 0 Å². The Morgan fingerprint density at radius 3 is 1.64 bits per heavy atom. The van der Waals surface area contributed by atoms with E-state index in [4.69, 9.17) is 0 Å². The van der Waals surface area contributed by atoms with E-state index in [1.165, 1.54) is 0 Å². The molecular weight excluding hydrogens is 132 g/mol. The van der Waals surface area contributed by atoms with Gasteiger partial charge in [0.2, 0.25) is 0 Å². The zero-order valence-corrected chi connectivity index (χ0v) is 7.64. The van der Waals surface area contributed by atoms with E-state index < -0.39 is 0 Å². The molecule has 3 fully saturated rings. The van der Waals surface area contributed by atoms with Crippen LogP contribution >= 0.6 is 0 Å². The third-order valence-corrected chi connectivity index (χ3v) is 5.26. The first-order chi connectivity index (χ1) is 5.26. The Morgan fingerprint density at radius 1 is 0.909 bits per heavy atom. The van der Waals surface area contributed by atoms with Crippen LogP contribution in [0.1, 0.15) is 39.5 Å². The van der Waals surface area contributed by atoms with Crippen molar-refractivity contribution in [3.8, 4) is 0 Å². The maximum absolute atomic E-state index is 2.49. The second kappa shape index (κ2) is 1.67. The molecule has 0 radical (unpaired) electrons. The SMILES string of the molecule is CC1CC2CCC3CC(C)C123. The van der Waals surface area contributed by atoms with Crippen LogP contribution in [0, 0.1) is 29.1 Å². The van der Waals surface area contributed by atoms with Gasteiger partial charge < -0.3 is 0 Å². The molecule has 3 rings (SSSR count). The molecule has 0 nitrogen and oxygen atoms in total. The van der Waals surface area contributed by atoms with Gasteiger partial charge in [-0.1, -0.05) is 13.8 Å². The summed E-state index contributed by atoms with van der Waals surface area (Å²) in [6, 6.07) is 0. The van der Waals surface area contributed by atoms with E-state index in [1.807, 2.05) is 0 Å². The van der Waals surface area contributed by atoms with Crippen molar-refractivity contribution in [3.63, 3.8) is 0 Å². The molecule has 0 aromatic rings. The molecule has 4 atom stereocenters. The van der Waals surface area contributed by atoms with Crippen LogP contribution in [0.3, 0.4) is 0 Å². The minimum atomic E-state index is 0.889. The molecule has 4 unspecified atom stereocenters. The van der Waals surface area contributed by atoms with E-state index in [-0.39, 0.29) is 0 Å². The Morgan fingerprint density at radius 2 is 1.36 bits per heavy atom. The third kappa shape index (κ3) is 0.467. The highest BCUT2D eigenvalue weighted by atomic mass is 14.7. The Hall–Kier alpha value is 0. The van der Waals surface area contributed by atoms with E-state index in [0.717, 1.165) is 29.1 Å². The van der Waals surface area contributed by atoms with Crippen molar-refractivity contribution in [1.82, 2.24) is 0 Å². The quantitative estimate of drug-likeness (QED) is 0.498. The topological polar surface area (TPSA) is 0 Å². The molecule has 0 aliphatic heterocycles. The van der Waals surface area contributed by atoms with Gasteiger partial charge in [-0.25, -0.2) is 0 Å². The number of hydrogen-bond donors (Lipinski definition) is 0. The summed E-state index contributed by atoms with van der Waals surface area (Å²) in [5.74, 6) is 4.46. The minimum absolute atomic E-state index is 0.889. The van der Waals surface area contributed by atoms with Crippen LogP contribution in [0.5, 0.6) is 0 Å². The monoisotopic (exact) mass is 150 g/mol. The Balaban J connectivity index is 1.97. The Bertz CT molecular complexity index is 168. The highest BCUT2D eigenvalue weighted by Crippen LogP contribution is 2.75. The zero-order valence-electron chi connectivity index (χ0n) is 7.64. The Labute approximate surface area is 69.4 Å². The van der Waals surface area contributed by atoms with Crippen molar-refractivity contribution < 1.29 is 0 Å². The van der Waals surface area contributed by atoms with E-state index in [1.54, 1.807) is 25.7 Å². The molecule has 0 amide bonds. The smallest absolute Gasteiger partial charge is 0.0189 e. The summed E-state index contributed by atoms with van der Waals surface area (Å²) in [5, 5.41) is 0. The van der Waals surface area contributed by atoms with E-state index >= 15 is 0 Å². The molecule has 3 aliphatic carbocycles. The second-order valence-electron chi connectivity index (χ2n) is 5.24. The Kier molecular flexibility index (Phi) is 0.990. The van der Waals surface area contributed by atoms with Gasteiger partial charge in [0, 0.05) is 0 Å². The summed E-state index contributed by atoms with van der Waals surface area (Å²) < 4.78 is 0.